The molecule has 228 valence electrons. The fraction of sp³-hybridized carbons (Fsp3) is 0.517. The highest BCUT2D eigenvalue weighted by Crippen LogP contribution is 2.53. The molecule has 13 nitrogen and oxygen atoms in total. The van der Waals surface area contributed by atoms with E-state index in [-0.39, 0.29) is 36.2 Å². The fourth-order valence-electron chi connectivity index (χ4n) is 6.46. The minimum atomic E-state index is -2.72. The number of nitrogens with one attached hydrogen (secondary N) is 2. The smallest absolute Gasteiger partial charge is 0.255 e. The predicted octanol–water partition coefficient (Wildman–Crippen LogP) is 0.371. The summed E-state index contributed by atoms with van der Waals surface area (Å²) >= 11 is 0. The SMILES string of the molecule is CC(C)CNCC(=O)Nc1cc(N(C)C)c2c(c1O)C(=O)C1=C(O)[C@]3(O)C(=O)C(C(N)=O)=C(O)[C@@H](N(C)C)C3CC1C2. The number of phenolic OH excluding ortho intramolecular Hbond substituents is 1. The van der Waals surface area contributed by atoms with Crippen LogP contribution in [0.25, 0.3) is 0 Å². The van der Waals surface area contributed by atoms with Gasteiger partial charge in [-0.2, -0.15) is 0 Å². The van der Waals surface area contributed by atoms with Gasteiger partial charge in [-0.15, -0.1) is 0 Å². The molecule has 0 saturated carbocycles. The molecule has 42 heavy (non-hydrogen) atoms. The number of aromatic hydroxyl groups is 1. The zero-order chi connectivity index (χ0) is 31.4. The number of carbonyl (C=O) groups excluding carboxylic acids is 4. The highest BCUT2D eigenvalue weighted by Gasteiger charge is 2.63. The molecule has 4 rings (SSSR count). The van der Waals surface area contributed by atoms with Crippen molar-refractivity contribution < 1.29 is 39.6 Å². The lowest BCUT2D eigenvalue weighted by Gasteiger charge is -2.50. The lowest BCUT2D eigenvalue weighted by Crippen LogP contribution is -2.63. The summed E-state index contributed by atoms with van der Waals surface area (Å²) in [7, 11) is 6.63. The van der Waals surface area contributed by atoms with E-state index in [4.69, 9.17) is 5.73 Å². The number of aliphatic hydroxyl groups is 3. The molecule has 13 heteroatoms. The molecule has 0 spiro atoms. The van der Waals surface area contributed by atoms with Crippen molar-refractivity contribution in [1.29, 1.82) is 0 Å². The fourth-order valence-corrected chi connectivity index (χ4v) is 6.46. The summed E-state index contributed by atoms with van der Waals surface area (Å²) in [5, 5.41) is 51.0. The van der Waals surface area contributed by atoms with E-state index in [0.717, 1.165) is 0 Å². The monoisotopic (exact) mass is 585 g/mol. The Labute approximate surface area is 243 Å². The summed E-state index contributed by atoms with van der Waals surface area (Å²) in [6.45, 7) is 4.55. The number of Topliss-reactive ketones (excluding diaryl/α,β-unsaturated/α-hetero) is 2. The number of hydrogen-bond acceptors (Lipinski definition) is 11. The van der Waals surface area contributed by atoms with Gasteiger partial charge in [0.15, 0.2) is 17.1 Å². The number of aliphatic hydroxyl groups excluding tert-OH is 2. The maximum Gasteiger partial charge on any atom is 0.255 e. The molecule has 0 bridgehead atoms. The standard InChI is InChI=1S/C29H39N5O8/c1-12(2)10-31-11-18(35)32-16-9-17(33(3)4)14-7-13-8-15-22(34(5)6)25(38)21(28(30)41)27(40)29(15,42)26(39)19(13)24(37)20(14)23(16)36/h9,12-13,15,22,31,36,38-39,42H,7-8,10-11H2,1-6H3,(H2,30,41)(H,32,35)/t13?,15?,22-,29-/m0/s1. The van der Waals surface area contributed by atoms with Gasteiger partial charge in [-0.1, -0.05) is 13.8 Å². The molecule has 3 aliphatic carbocycles. The maximum absolute atomic E-state index is 14.1. The number of hydrogen-bond donors (Lipinski definition) is 7. The largest absolute Gasteiger partial charge is 0.510 e. The van der Waals surface area contributed by atoms with Gasteiger partial charge in [0.2, 0.25) is 11.7 Å². The predicted molar refractivity (Wildman–Crippen MR) is 154 cm³/mol. The van der Waals surface area contributed by atoms with Crippen molar-refractivity contribution in [1.82, 2.24) is 10.2 Å². The van der Waals surface area contributed by atoms with Crippen LogP contribution in [-0.2, 0) is 20.8 Å². The summed E-state index contributed by atoms with van der Waals surface area (Å²) in [5.41, 5.74) is 2.34. The van der Waals surface area contributed by atoms with Gasteiger partial charge in [0.1, 0.15) is 17.1 Å². The van der Waals surface area contributed by atoms with Crippen molar-refractivity contribution in [2.45, 2.75) is 38.3 Å². The molecular formula is C29H39N5O8. The van der Waals surface area contributed by atoms with Crippen LogP contribution >= 0.6 is 0 Å². The number of rotatable bonds is 8. The van der Waals surface area contributed by atoms with E-state index in [1.54, 1.807) is 39.2 Å². The highest BCUT2D eigenvalue weighted by molar-refractivity contribution is 6.25. The lowest BCUT2D eigenvalue weighted by atomic mass is 9.58. The van der Waals surface area contributed by atoms with Crippen molar-refractivity contribution in [2.75, 3.05) is 51.5 Å². The van der Waals surface area contributed by atoms with Gasteiger partial charge in [-0.3, -0.25) is 24.1 Å². The van der Waals surface area contributed by atoms with E-state index in [1.807, 2.05) is 13.8 Å². The van der Waals surface area contributed by atoms with Crippen LogP contribution < -0.4 is 21.3 Å². The van der Waals surface area contributed by atoms with Crippen molar-refractivity contribution in [3.63, 3.8) is 0 Å². The Hall–Kier alpha value is -3.94. The Morgan fingerprint density at radius 2 is 1.79 bits per heavy atom. The van der Waals surface area contributed by atoms with E-state index in [9.17, 15) is 39.6 Å². The second kappa shape index (κ2) is 11.0. The third-order valence-corrected chi connectivity index (χ3v) is 8.29. The Balaban J connectivity index is 1.85. The lowest BCUT2D eigenvalue weighted by molar-refractivity contribution is -0.148. The van der Waals surface area contributed by atoms with E-state index in [1.165, 1.54) is 4.90 Å². The van der Waals surface area contributed by atoms with E-state index >= 15 is 0 Å². The molecule has 0 fully saturated rings. The first-order valence-corrected chi connectivity index (χ1v) is 13.7. The number of nitrogens with zero attached hydrogens (tertiary/aromatic N) is 2. The van der Waals surface area contributed by atoms with Crippen molar-refractivity contribution in [2.24, 2.45) is 23.5 Å². The van der Waals surface area contributed by atoms with Crippen LogP contribution in [0.15, 0.2) is 28.7 Å². The first-order valence-electron chi connectivity index (χ1n) is 13.7. The normalized spacial score (nSPS) is 25.4. The van der Waals surface area contributed by atoms with Crippen molar-refractivity contribution >= 4 is 34.8 Å². The summed E-state index contributed by atoms with van der Waals surface area (Å²) in [5.74, 6) is -7.43. The van der Waals surface area contributed by atoms with E-state index < -0.39 is 69.7 Å². The number of anilines is 2. The van der Waals surface area contributed by atoms with Crippen LogP contribution in [0.2, 0.25) is 0 Å². The van der Waals surface area contributed by atoms with Gasteiger partial charge < -0.3 is 41.7 Å². The molecule has 3 aliphatic rings. The van der Waals surface area contributed by atoms with Gasteiger partial charge >= 0.3 is 0 Å². The molecule has 0 aromatic heterocycles. The first kappa shape index (κ1) is 31.0. The number of benzene rings is 1. The number of fused-ring (bicyclic) bond motifs is 3. The maximum atomic E-state index is 14.1. The number of nitrogens with two attached hydrogens (primary N) is 1. The van der Waals surface area contributed by atoms with Crippen LogP contribution in [0.1, 0.15) is 36.2 Å². The van der Waals surface area contributed by atoms with Gasteiger partial charge in [0, 0.05) is 31.3 Å². The van der Waals surface area contributed by atoms with Gasteiger partial charge in [-0.05, 0) is 56.9 Å². The van der Waals surface area contributed by atoms with E-state index in [2.05, 4.69) is 10.6 Å². The number of carbonyl (C=O) groups is 4. The first-order chi connectivity index (χ1) is 19.5. The summed E-state index contributed by atoms with van der Waals surface area (Å²) in [4.78, 5) is 55.5. The van der Waals surface area contributed by atoms with Crippen molar-refractivity contribution in [3.8, 4) is 5.75 Å². The minimum Gasteiger partial charge on any atom is -0.510 e. The molecule has 1 aromatic rings. The molecule has 4 atom stereocenters. The van der Waals surface area contributed by atoms with Gasteiger partial charge in [-0.25, -0.2) is 0 Å². The van der Waals surface area contributed by atoms with Gasteiger partial charge in [0.05, 0.1) is 23.8 Å². The number of amides is 2. The zero-order valence-electron chi connectivity index (χ0n) is 24.6. The summed E-state index contributed by atoms with van der Waals surface area (Å²) in [6.07, 6.45) is 0.124. The third-order valence-electron chi connectivity index (χ3n) is 8.29. The number of phenols is 1. The average Bonchev–Trinajstić information content (AvgIpc) is 2.87. The molecule has 8 N–H and O–H groups in total. The average molecular weight is 586 g/mol. The van der Waals surface area contributed by atoms with E-state index in [0.29, 0.717) is 23.7 Å². The molecule has 0 radical (unpaired) electrons. The highest BCUT2D eigenvalue weighted by atomic mass is 16.3. The summed E-state index contributed by atoms with van der Waals surface area (Å²) < 4.78 is 0. The number of ketones is 2. The van der Waals surface area contributed by atoms with Crippen molar-refractivity contribution in [3.05, 3.63) is 39.9 Å². The number of allylic oxidation sites excluding steroid dienone is 1. The molecule has 0 heterocycles. The molecule has 0 aliphatic heterocycles. The summed E-state index contributed by atoms with van der Waals surface area (Å²) in [6, 6.07) is 0.495. The second-order valence-corrected chi connectivity index (χ2v) is 12.1. The number of likely N-dealkylation sites (N-methyl/N-ethyl adjacent to an activating group) is 1. The van der Waals surface area contributed by atoms with Crippen LogP contribution in [-0.4, -0.2) is 102 Å². The van der Waals surface area contributed by atoms with Crippen LogP contribution in [0.4, 0.5) is 11.4 Å². The number of primary amides is 1. The van der Waals surface area contributed by atoms with Crippen LogP contribution in [0.3, 0.4) is 0 Å². The molecular weight excluding hydrogens is 546 g/mol. The quantitative estimate of drug-likeness (QED) is 0.164. The topological polar surface area (TPSA) is 206 Å². The zero-order valence-corrected chi connectivity index (χ0v) is 24.6. The minimum absolute atomic E-state index is 0.0145. The van der Waals surface area contributed by atoms with Crippen LogP contribution in [0.5, 0.6) is 5.75 Å². The Kier molecular flexibility index (Phi) is 8.15. The second-order valence-electron chi connectivity index (χ2n) is 12.1. The Morgan fingerprint density at radius 3 is 2.33 bits per heavy atom. The molecule has 2 amide bonds. The molecule has 2 unspecified atom stereocenters. The Bertz CT molecular complexity index is 1430. The molecule has 0 saturated heterocycles. The van der Waals surface area contributed by atoms with Crippen LogP contribution in [0, 0.1) is 17.8 Å². The third kappa shape index (κ3) is 4.80. The molecule has 1 aromatic carbocycles. The Morgan fingerprint density at radius 1 is 1.14 bits per heavy atom. The van der Waals surface area contributed by atoms with Gasteiger partial charge in [0.25, 0.3) is 5.91 Å².